The summed E-state index contributed by atoms with van der Waals surface area (Å²) in [7, 11) is -3.13. The van der Waals surface area contributed by atoms with Crippen LogP contribution >= 0.6 is 7.82 Å². The lowest BCUT2D eigenvalue weighted by molar-refractivity contribution is -0.265. The Bertz CT molecular complexity index is 1240. The highest BCUT2D eigenvalue weighted by molar-refractivity contribution is 7.46. The van der Waals surface area contributed by atoms with Gasteiger partial charge in [-0.2, -0.15) is 9.99 Å². The summed E-state index contributed by atoms with van der Waals surface area (Å²) in [5, 5.41) is 4.35. The van der Waals surface area contributed by atoms with Crippen molar-refractivity contribution in [2.75, 3.05) is 29.7 Å². The first-order chi connectivity index (χ1) is 17.4. The van der Waals surface area contributed by atoms with E-state index in [1.807, 2.05) is 18.1 Å². The van der Waals surface area contributed by atoms with Gasteiger partial charge >= 0.3 is 20.0 Å². The van der Waals surface area contributed by atoms with Gasteiger partial charge in [-0.15, -0.1) is 4.67 Å². The Labute approximate surface area is 209 Å². The number of phosphoric acid groups is 1. The number of ether oxygens (including phenoxy) is 2. The molecule has 1 aromatic carbocycles. The lowest BCUT2D eigenvalue weighted by atomic mass is 10.2. The maximum absolute atomic E-state index is 15.0. The number of benzene rings is 1. The Hall–Kier alpha value is -3.56. The van der Waals surface area contributed by atoms with E-state index in [-0.39, 0.29) is 12.2 Å². The molecule has 0 spiro atoms. The molecule has 3 heterocycles. The van der Waals surface area contributed by atoms with E-state index in [1.165, 1.54) is 11.0 Å². The molecule has 2 N–H and O–H groups in total. The van der Waals surface area contributed by atoms with Crippen LogP contribution in [-0.4, -0.2) is 68.5 Å². The second kappa shape index (κ2) is 10.4. The number of aromatic nitrogens is 2. The van der Waals surface area contributed by atoms with Gasteiger partial charge in [0.05, 0.1) is 36.7 Å². The minimum atomic E-state index is -4.95. The molecule has 2 aliphatic rings. The predicted molar refractivity (Wildman–Crippen MR) is 120 cm³/mol. The van der Waals surface area contributed by atoms with Gasteiger partial charge in [-0.1, -0.05) is 0 Å². The van der Waals surface area contributed by atoms with E-state index < -0.39 is 51.2 Å². The van der Waals surface area contributed by atoms with Crippen molar-refractivity contribution in [2.45, 2.75) is 26.1 Å². The molecule has 0 aliphatic carbocycles. The van der Waals surface area contributed by atoms with Crippen molar-refractivity contribution >= 4 is 37.3 Å². The fourth-order valence-corrected chi connectivity index (χ4v) is 4.17. The fourth-order valence-electron chi connectivity index (χ4n) is 3.99. The molecule has 37 heavy (non-hydrogen) atoms. The summed E-state index contributed by atoms with van der Waals surface area (Å²) in [6.45, 7) is 0.508. The van der Waals surface area contributed by atoms with Gasteiger partial charge in [0.1, 0.15) is 11.9 Å². The van der Waals surface area contributed by atoms with Gasteiger partial charge in [-0.05, 0) is 18.2 Å². The van der Waals surface area contributed by atoms with E-state index in [0.717, 1.165) is 18.2 Å². The van der Waals surface area contributed by atoms with E-state index in [2.05, 4.69) is 19.4 Å². The first kappa shape index (κ1) is 26.5. The number of aryl methyl sites for hydroxylation is 1. The van der Waals surface area contributed by atoms with Crippen LogP contribution < -0.4 is 9.80 Å². The maximum Gasteiger partial charge on any atom is 0.497 e. The third kappa shape index (κ3) is 6.23. The Morgan fingerprint density at radius 2 is 2.08 bits per heavy atom. The summed E-state index contributed by atoms with van der Waals surface area (Å²) in [6.07, 6.45) is -1.11. The van der Waals surface area contributed by atoms with Crippen LogP contribution in [0, 0.1) is 5.82 Å². The smallest absolute Gasteiger partial charge is 0.442 e. The molecule has 2 aliphatic heterocycles. The zero-order valence-corrected chi connectivity index (χ0v) is 20.5. The average Bonchev–Trinajstić information content (AvgIpc) is 3.46. The second-order valence-corrected chi connectivity index (χ2v) is 9.35. The van der Waals surface area contributed by atoms with Crippen molar-refractivity contribution in [2.24, 2.45) is 7.05 Å². The number of cyclic esters (lactones) is 1. The van der Waals surface area contributed by atoms with E-state index in [4.69, 9.17) is 14.5 Å². The topological polar surface area (TPSA) is 173 Å². The van der Waals surface area contributed by atoms with Crippen molar-refractivity contribution in [3.05, 3.63) is 41.5 Å². The third-order valence-electron chi connectivity index (χ3n) is 5.52. The summed E-state index contributed by atoms with van der Waals surface area (Å²) >= 11 is 0. The lowest BCUT2D eigenvalue weighted by Crippen LogP contribution is -2.42. The monoisotopic (exact) mass is 543 g/mol. The molecule has 1 aromatic heterocycles. The number of hydrogen-bond acceptors (Lipinski definition) is 10. The molecule has 0 saturated carbocycles. The van der Waals surface area contributed by atoms with Crippen LogP contribution in [0.3, 0.4) is 0 Å². The SMILES string of the molecule is CC(=O)N(C[C@H]1CN(c2ccc(N3Cc4cn(C)nc4C3)c(F)c2)C(=O)O1)C(=O)OCOOP(=O)(O)O. The number of fused-ring (bicyclic) bond motifs is 1. The van der Waals surface area contributed by atoms with Gasteiger partial charge in [0, 0.05) is 32.3 Å². The number of hydrogen-bond donors (Lipinski definition) is 2. The Balaban J connectivity index is 1.36. The first-order valence-electron chi connectivity index (χ1n) is 10.8. The molecule has 1 atom stereocenters. The van der Waals surface area contributed by atoms with Gasteiger partial charge in [0.15, 0.2) is 0 Å². The number of carbonyl (C=O) groups excluding carboxylic acids is 3. The van der Waals surface area contributed by atoms with Crippen molar-refractivity contribution in [3.63, 3.8) is 0 Å². The number of imide groups is 1. The zero-order valence-electron chi connectivity index (χ0n) is 19.6. The standard InChI is InChI=1S/C20H23FN5O10P/c1-12(27)25(19(28)33-11-34-36-37(30,31)32)8-15-9-26(20(29)35-15)14-3-4-18(16(21)5-14)24-7-13-6-23(2)22-17(13)10-24/h3-6,15H,7-11H2,1-2H3,(H2,30,31,32)/t15-/m0/s1. The van der Waals surface area contributed by atoms with Crippen LogP contribution in [0.15, 0.2) is 24.4 Å². The maximum atomic E-state index is 15.0. The van der Waals surface area contributed by atoms with Crippen LogP contribution in [0.5, 0.6) is 0 Å². The lowest BCUT2D eigenvalue weighted by Gasteiger charge is -2.21. The second-order valence-electron chi connectivity index (χ2n) is 8.22. The number of carbonyl (C=O) groups is 3. The van der Waals surface area contributed by atoms with Gasteiger partial charge in [0.25, 0.3) is 0 Å². The zero-order chi connectivity index (χ0) is 26.9. The minimum Gasteiger partial charge on any atom is -0.442 e. The van der Waals surface area contributed by atoms with E-state index >= 15 is 4.39 Å². The first-order valence-corrected chi connectivity index (χ1v) is 12.3. The molecule has 1 saturated heterocycles. The molecule has 2 aromatic rings. The molecule has 17 heteroatoms. The summed E-state index contributed by atoms with van der Waals surface area (Å²) in [5.74, 6) is -1.30. The summed E-state index contributed by atoms with van der Waals surface area (Å²) in [4.78, 5) is 61.2. The van der Waals surface area contributed by atoms with Crippen molar-refractivity contribution < 1.29 is 52.2 Å². The fraction of sp³-hybridized carbons (Fsp3) is 0.400. The molecule has 200 valence electrons. The molecule has 3 amide bonds. The molecular weight excluding hydrogens is 520 g/mol. The van der Waals surface area contributed by atoms with Gasteiger partial charge in [-0.3, -0.25) is 14.4 Å². The van der Waals surface area contributed by atoms with Gasteiger partial charge in [-0.25, -0.2) is 23.4 Å². The number of nitrogens with zero attached hydrogens (tertiary/aromatic N) is 5. The Kier molecular flexibility index (Phi) is 7.47. The van der Waals surface area contributed by atoms with E-state index in [9.17, 15) is 18.9 Å². The number of rotatable bonds is 8. The Morgan fingerprint density at radius 1 is 1.32 bits per heavy atom. The normalized spacial score (nSPS) is 17.1. The van der Waals surface area contributed by atoms with Crippen LogP contribution in [-0.2, 0) is 48.5 Å². The molecule has 4 rings (SSSR count). The van der Waals surface area contributed by atoms with Crippen molar-refractivity contribution in [3.8, 4) is 0 Å². The molecule has 15 nitrogen and oxygen atoms in total. The highest BCUT2D eigenvalue weighted by Crippen LogP contribution is 2.36. The summed E-state index contributed by atoms with van der Waals surface area (Å²) in [6, 6.07) is 4.31. The molecule has 1 fully saturated rings. The van der Waals surface area contributed by atoms with E-state index in [0.29, 0.717) is 23.7 Å². The third-order valence-corrected chi connectivity index (χ3v) is 5.82. The Morgan fingerprint density at radius 3 is 2.73 bits per heavy atom. The quantitative estimate of drug-likeness (QED) is 0.161. The highest BCUT2D eigenvalue weighted by atomic mass is 31.2. The minimum absolute atomic E-state index is 0.0910. The molecule has 0 bridgehead atoms. The van der Waals surface area contributed by atoms with E-state index in [1.54, 1.807) is 16.8 Å². The van der Waals surface area contributed by atoms with Gasteiger partial charge in [0.2, 0.25) is 12.7 Å². The van der Waals surface area contributed by atoms with Crippen LogP contribution in [0.2, 0.25) is 0 Å². The van der Waals surface area contributed by atoms with Crippen molar-refractivity contribution in [1.29, 1.82) is 0 Å². The molecule has 0 unspecified atom stereocenters. The summed E-state index contributed by atoms with van der Waals surface area (Å²) < 4.78 is 40.7. The number of anilines is 2. The molecular formula is C20H23FN5O10P. The highest BCUT2D eigenvalue weighted by Gasteiger charge is 2.36. The van der Waals surface area contributed by atoms with Crippen molar-refractivity contribution in [1.82, 2.24) is 14.7 Å². The number of amides is 3. The molecule has 0 radical (unpaired) electrons. The summed E-state index contributed by atoms with van der Waals surface area (Å²) in [5.41, 5.74) is 2.45. The predicted octanol–water partition coefficient (Wildman–Crippen LogP) is 1.39. The van der Waals surface area contributed by atoms with Crippen LogP contribution in [0.4, 0.5) is 25.4 Å². The van der Waals surface area contributed by atoms with Crippen LogP contribution in [0.1, 0.15) is 18.2 Å². The number of halogens is 1. The largest absolute Gasteiger partial charge is 0.497 e. The van der Waals surface area contributed by atoms with Crippen LogP contribution in [0.25, 0.3) is 0 Å². The van der Waals surface area contributed by atoms with Gasteiger partial charge < -0.3 is 24.2 Å². The average molecular weight is 543 g/mol.